The fraction of sp³-hybridized carbons (Fsp3) is 0.667. The zero-order valence-corrected chi connectivity index (χ0v) is 10.2. The third-order valence-corrected chi connectivity index (χ3v) is 3.06. The molecule has 0 radical (unpaired) electrons. The number of halogens is 1. The molecule has 17 heavy (non-hydrogen) atoms. The number of nitrogens with zero attached hydrogens (tertiary/aromatic N) is 2. The summed E-state index contributed by atoms with van der Waals surface area (Å²) in [5.74, 6) is -0.395. The van der Waals surface area contributed by atoms with Crippen LogP contribution in [0.3, 0.4) is 0 Å². The van der Waals surface area contributed by atoms with E-state index in [1.807, 2.05) is 6.92 Å². The molecule has 0 amide bonds. The lowest BCUT2D eigenvalue weighted by atomic mass is 9.94. The van der Waals surface area contributed by atoms with Crippen LogP contribution >= 0.6 is 0 Å². The highest BCUT2D eigenvalue weighted by atomic mass is 19.1. The van der Waals surface area contributed by atoms with Crippen molar-refractivity contribution in [3.05, 3.63) is 17.0 Å². The molecule has 1 aliphatic rings. The average molecular weight is 240 g/mol. The molecular formula is C12H17FN2O2. The number of fused-ring (bicyclic) bond motifs is 1. The maximum absolute atomic E-state index is 13.4. The van der Waals surface area contributed by atoms with Gasteiger partial charge in [0.1, 0.15) is 6.17 Å². The van der Waals surface area contributed by atoms with Crippen LogP contribution in [0.2, 0.25) is 0 Å². The predicted molar refractivity (Wildman–Crippen MR) is 60.8 cm³/mol. The average Bonchev–Trinajstić information content (AvgIpc) is 2.67. The number of aryl methyl sites for hydroxylation is 1. The number of hydrogen-bond donors (Lipinski definition) is 0. The van der Waals surface area contributed by atoms with E-state index in [4.69, 9.17) is 4.74 Å². The molecule has 4 nitrogen and oxygen atoms in total. The van der Waals surface area contributed by atoms with E-state index in [2.05, 4.69) is 5.10 Å². The Morgan fingerprint density at radius 1 is 1.59 bits per heavy atom. The van der Waals surface area contributed by atoms with Crippen LogP contribution in [0.4, 0.5) is 4.39 Å². The Balaban J connectivity index is 2.38. The minimum absolute atomic E-state index is 0.332. The smallest absolute Gasteiger partial charge is 0.359 e. The van der Waals surface area contributed by atoms with Crippen molar-refractivity contribution >= 4 is 5.97 Å². The van der Waals surface area contributed by atoms with Crippen molar-refractivity contribution in [3.63, 3.8) is 0 Å². The van der Waals surface area contributed by atoms with Crippen LogP contribution in [-0.4, -0.2) is 28.5 Å². The van der Waals surface area contributed by atoms with Gasteiger partial charge in [-0.2, -0.15) is 5.10 Å². The zero-order valence-electron chi connectivity index (χ0n) is 10.2. The van der Waals surface area contributed by atoms with E-state index < -0.39 is 12.1 Å². The van der Waals surface area contributed by atoms with Gasteiger partial charge in [0.15, 0.2) is 5.69 Å². The summed E-state index contributed by atoms with van der Waals surface area (Å²) in [4.78, 5) is 11.7. The second-order valence-corrected chi connectivity index (χ2v) is 4.15. The third-order valence-electron chi connectivity index (χ3n) is 3.06. The summed E-state index contributed by atoms with van der Waals surface area (Å²) >= 11 is 0. The second-order valence-electron chi connectivity index (χ2n) is 4.15. The third kappa shape index (κ3) is 2.18. The van der Waals surface area contributed by atoms with E-state index >= 15 is 0 Å². The molecule has 1 aliphatic carbocycles. The lowest BCUT2D eigenvalue weighted by Gasteiger charge is -2.17. The maximum atomic E-state index is 13.4. The lowest BCUT2D eigenvalue weighted by molar-refractivity contribution is 0.0517. The van der Waals surface area contributed by atoms with Gasteiger partial charge < -0.3 is 4.74 Å². The van der Waals surface area contributed by atoms with Gasteiger partial charge in [-0.15, -0.1) is 0 Å². The van der Waals surface area contributed by atoms with Crippen molar-refractivity contribution < 1.29 is 13.9 Å². The summed E-state index contributed by atoms with van der Waals surface area (Å²) < 4.78 is 20.1. The van der Waals surface area contributed by atoms with E-state index in [0.29, 0.717) is 38.1 Å². The van der Waals surface area contributed by atoms with Gasteiger partial charge in [0.25, 0.3) is 0 Å². The first-order chi connectivity index (χ1) is 8.17. The molecule has 0 bridgehead atoms. The molecular weight excluding hydrogens is 223 g/mol. The number of alkyl halides is 1. The normalized spacial score (nSPS) is 18.9. The van der Waals surface area contributed by atoms with E-state index in [1.165, 1.54) is 0 Å². The topological polar surface area (TPSA) is 44.1 Å². The first kappa shape index (κ1) is 12.1. The maximum Gasteiger partial charge on any atom is 0.359 e. The second kappa shape index (κ2) is 4.85. The lowest BCUT2D eigenvalue weighted by Crippen LogP contribution is -2.18. The van der Waals surface area contributed by atoms with Crippen LogP contribution in [0.5, 0.6) is 0 Å². The highest BCUT2D eigenvalue weighted by Crippen LogP contribution is 2.26. The summed E-state index contributed by atoms with van der Waals surface area (Å²) in [6.07, 6.45) is 0.578. The summed E-state index contributed by atoms with van der Waals surface area (Å²) in [5, 5.41) is 4.24. The monoisotopic (exact) mass is 240 g/mol. The van der Waals surface area contributed by atoms with Gasteiger partial charge >= 0.3 is 5.97 Å². The Bertz CT molecular complexity index is 428. The van der Waals surface area contributed by atoms with Gasteiger partial charge in [-0.05, 0) is 26.7 Å². The summed E-state index contributed by atoms with van der Waals surface area (Å²) in [6, 6.07) is 0. The molecule has 0 fully saturated rings. The molecule has 5 heteroatoms. The molecule has 1 aromatic rings. The molecule has 0 spiro atoms. The number of rotatable bonds is 3. The number of esters is 1. The molecule has 1 unspecified atom stereocenters. The molecule has 0 saturated heterocycles. The number of ether oxygens (including phenoxy) is 1. The van der Waals surface area contributed by atoms with E-state index in [-0.39, 0.29) is 0 Å². The van der Waals surface area contributed by atoms with Crippen molar-refractivity contribution in [1.82, 2.24) is 9.78 Å². The SMILES string of the molecule is CCOC(=O)c1nn(CC)c2c1CCC(F)C2. The predicted octanol–water partition coefficient (Wildman–Crippen LogP) is 1.91. The van der Waals surface area contributed by atoms with Gasteiger partial charge in [0.2, 0.25) is 0 Å². The van der Waals surface area contributed by atoms with Crippen molar-refractivity contribution in [2.24, 2.45) is 0 Å². The van der Waals surface area contributed by atoms with Crippen LogP contribution in [-0.2, 0) is 24.1 Å². The Kier molecular flexibility index (Phi) is 3.45. The van der Waals surface area contributed by atoms with Crippen LogP contribution in [0.25, 0.3) is 0 Å². The first-order valence-corrected chi connectivity index (χ1v) is 6.07. The summed E-state index contributed by atoms with van der Waals surface area (Å²) in [6.45, 7) is 4.68. The first-order valence-electron chi connectivity index (χ1n) is 6.07. The number of carbonyl (C=O) groups is 1. The van der Waals surface area contributed by atoms with Crippen molar-refractivity contribution in [2.75, 3.05) is 6.61 Å². The summed E-state index contributed by atoms with van der Waals surface area (Å²) in [7, 11) is 0. The quantitative estimate of drug-likeness (QED) is 0.758. The Hall–Kier alpha value is -1.39. The van der Waals surface area contributed by atoms with E-state index in [1.54, 1.807) is 11.6 Å². The minimum Gasteiger partial charge on any atom is -0.461 e. The highest BCUT2D eigenvalue weighted by molar-refractivity contribution is 5.89. The molecule has 1 heterocycles. The molecule has 2 rings (SSSR count). The van der Waals surface area contributed by atoms with E-state index in [9.17, 15) is 9.18 Å². The van der Waals surface area contributed by atoms with Gasteiger partial charge in [-0.3, -0.25) is 4.68 Å². The molecule has 0 aromatic carbocycles. The molecule has 94 valence electrons. The van der Waals surface area contributed by atoms with Crippen molar-refractivity contribution in [1.29, 1.82) is 0 Å². The summed E-state index contributed by atoms with van der Waals surface area (Å²) in [5.41, 5.74) is 2.10. The van der Waals surface area contributed by atoms with Gasteiger partial charge in [-0.25, -0.2) is 9.18 Å². The zero-order chi connectivity index (χ0) is 12.4. The van der Waals surface area contributed by atoms with Gasteiger partial charge in [-0.1, -0.05) is 0 Å². The van der Waals surface area contributed by atoms with Crippen molar-refractivity contribution in [3.8, 4) is 0 Å². The number of carbonyl (C=O) groups excluding carboxylic acids is 1. The molecule has 1 atom stereocenters. The van der Waals surface area contributed by atoms with Gasteiger partial charge in [0, 0.05) is 24.2 Å². The van der Waals surface area contributed by atoms with Crippen LogP contribution < -0.4 is 0 Å². The standard InChI is InChI=1S/C12H17FN2O2/c1-3-15-10-7-8(13)5-6-9(10)11(14-15)12(16)17-4-2/h8H,3-7H2,1-2H3. The molecule has 0 saturated carbocycles. The number of hydrogen-bond acceptors (Lipinski definition) is 3. The minimum atomic E-state index is -0.820. The Morgan fingerprint density at radius 3 is 3.00 bits per heavy atom. The molecule has 0 N–H and O–H groups in total. The number of aromatic nitrogens is 2. The van der Waals surface area contributed by atoms with Crippen LogP contribution in [0, 0.1) is 0 Å². The Morgan fingerprint density at radius 2 is 2.35 bits per heavy atom. The molecule has 0 aliphatic heterocycles. The Labute approximate surface area is 99.8 Å². The fourth-order valence-corrected chi connectivity index (χ4v) is 2.26. The van der Waals surface area contributed by atoms with E-state index in [0.717, 1.165) is 11.3 Å². The molecule has 1 aromatic heterocycles. The highest BCUT2D eigenvalue weighted by Gasteiger charge is 2.28. The largest absolute Gasteiger partial charge is 0.461 e. The van der Waals surface area contributed by atoms with Crippen LogP contribution in [0.1, 0.15) is 42.0 Å². The van der Waals surface area contributed by atoms with Crippen LogP contribution in [0.15, 0.2) is 0 Å². The van der Waals surface area contributed by atoms with Crippen molar-refractivity contribution in [2.45, 2.75) is 45.8 Å². The van der Waals surface area contributed by atoms with Gasteiger partial charge in [0.05, 0.1) is 6.61 Å². The fourth-order valence-electron chi connectivity index (χ4n) is 2.26.